The first-order valence-electron chi connectivity index (χ1n) is 8.41. The molecular weight excluding hydrogens is 256 g/mol. The van der Waals surface area contributed by atoms with Crippen LogP contribution in [0.1, 0.15) is 61.9 Å². The highest BCUT2D eigenvalue weighted by Crippen LogP contribution is 2.32. The van der Waals surface area contributed by atoms with Gasteiger partial charge in [0.2, 0.25) is 0 Å². The summed E-state index contributed by atoms with van der Waals surface area (Å²) >= 11 is 0. The Hall–Kier alpha value is -0.860. The maximum absolute atomic E-state index is 3.72. The van der Waals surface area contributed by atoms with Crippen LogP contribution in [-0.4, -0.2) is 30.1 Å². The van der Waals surface area contributed by atoms with Gasteiger partial charge in [-0.2, -0.15) is 0 Å². The lowest BCUT2D eigenvalue weighted by Gasteiger charge is -2.36. The molecule has 2 nitrogen and oxygen atoms in total. The van der Waals surface area contributed by atoms with Gasteiger partial charge in [-0.15, -0.1) is 0 Å². The first kappa shape index (κ1) is 16.5. The van der Waals surface area contributed by atoms with Crippen molar-refractivity contribution in [2.24, 2.45) is 0 Å². The molecule has 1 atom stereocenters. The van der Waals surface area contributed by atoms with Crippen molar-refractivity contribution in [1.29, 1.82) is 0 Å². The molecule has 2 heteroatoms. The summed E-state index contributed by atoms with van der Waals surface area (Å²) in [5.41, 5.74) is 6.07. The lowest BCUT2D eigenvalue weighted by atomic mass is 9.92. The number of aryl methyl sites for hydroxylation is 3. The Morgan fingerprint density at radius 3 is 2.29 bits per heavy atom. The quantitative estimate of drug-likeness (QED) is 0.876. The van der Waals surface area contributed by atoms with Gasteiger partial charge in [-0.25, -0.2) is 0 Å². The van der Waals surface area contributed by atoms with Crippen LogP contribution >= 0.6 is 0 Å². The van der Waals surface area contributed by atoms with Gasteiger partial charge in [-0.1, -0.05) is 24.6 Å². The first-order chi connectivity index (χ1) is 9.85. The fourth-order valence-corrected chi connectivity index (χ4v) is 3.97. The van der Waals surface area contributed by atoms with Gasteiger partial charge in [0, 0.05) is 18.1 Å². The van der Waals surface area contributed by atoms with Crippen molar-refractivity contribution in [1.82, 2.24) is 10.2 Å². The van der Waals surface area contributed by atoms with E-state index in [4.69, 9.17) is 0 Å². The molecule has 0 aliphatic carbocycles. The zero-order chi connectivity index (χ0) is 15.6. The van der Waals surface area contributed by atoms with E-state index in [-0.39, 0.29) is 0 Å². The summed E-state index contributed by atoms with van der Waals surface area (Å²) in [6, 6.07) is 5.08. The normalized spacial score (nSPS) is 19.9. The number of likely N-dealkylation sites (tertiary alicyclic amines) is 1. The molecule has 1 N–H and O–H groups in total. The molecule has 0 saturated carbocycles. The second-order valence-corrected chi connectivity index (χ2v) is 7.28. The van der Waals surface area contributed by atoms with E-state index >= 15 is 0 Å². The van der Waals surface area contributed by atoms with Crippen molar-refractivity contribution in [2.75, 3.05) is 19.6 Å². The molecular formula is C19H32N2. The number of nitrogens with one attached hydrogen (secondary N) is 1. The topological polar surface area (TPSA) is 15.3 Å². The van der Waals surface area contributed by atoms with E-state index in [9.17, 15) is 0 Å². The van der Waals surface area contributed by atoms with Crippen LogP contribution in [0.5, 0.6) is 0 Å². The second-order valence-electron chi connectivity index (χ2n) is 7.28. The summed E-state index contributed by atoms with van der Waals surface area (Å²) < 4.78 is 0. The minimum Gasteiger partial charge on any atom is -0.309 e. The van der Waals surface area contributed by atoms with E-state index in [0.717, 1.165) is 13.1 Å². The summed E-state index contributed by atoms with van der Waals surface area (Å²) in [7, 11) is 0. The summed E-state index contributed by atoms with van der Waals surface area (Å²) in [4.78, 5) is 2.67. The number of nitrogens with zero attached hydrogens (tertiary/aromatic N) is 1. The van der Waals surface area contributed by atoms with Gasteiger partial charge in [0.05, 0.1) is 0 Å². The fourth-order valence-electron chi connectivity index (χ4n) is 3.97. The molecule has 1 aromatic carbocycles. The molecule has 0 spiro atoms. The molecule has 118 valence electrons. The number of likely N-dealkylation sites (N-methyl/N-ethyl adjacent to an activating group) is 1. The predicted octanol–water partition coefficient (Wildman–Crippen LogP) is 4.14. The van der Waals surface area contributed by atoms with Crippen LogP contribution in [-0.2, 0) is 0 Å². The average Bonchev–Trinajstić information content (AvgIpc) is 2.67. The molecule has 0 amide bonds. The summed E-state index contributed by atoms with van der Waals surface area (Å²) in [6.45, 7) is 17.1. The highest BCUT2D eigenvalue weighted by Gasteiger charge is 2.33. The molecule has 2 rings (SSSR count). The van der Waals surface area contributed by atoms with Crippen LogP contribution in [0, 0.1) is 20.8 Å². The Balaban J connectivity index is 2.27. The van der Waals surface area contributed by atoms with Gasteiger partial charge in [-0.3, -0.25) is 4.90 Å². The third kappa shape index (κ3) is 3.67. The fraction of sp³-hybridized carbons (Fsp3) is 0.684. The molecule has 1 aromatic rings. The number of benzene rings is 1. The van der Waals surface area contributed by atoms with E-state index in [1.807, 2.05) is 0 Å². The zero-order valence-corrected chi connectivity index (χ0v) is 14.7. The standard InChI is InChI=1S/C19H32N2/c1-7-20-17(13-21-10-8-9-19(21,5)6)18-15(3)11-14(2)12-16(18)4/h11-12,17,20H,7-10,13H2,1-6H3. The lowest BCUT2D eigenvalue weighted by molar-refractivity contribution is 0.156. The van der Waals surface area contributed by atoms with Crippen molar-refractivity contribution in [3.8, 4) is 0 Å². The van der Waals surface area contributed by atoms with Gasteiger partial charge < -0.3 is 5.32 Å². The summed E-state index contributed by atoms with van der Waals surface area (Å²) in [5.74, 6) is 0. The van der Waals surface area contributed by atoms with E-state index < -0.39 is 0 Å². The molecule has 1 aliphatic rings. The molecule has 0 radical (unpaired) electrons. The first-order valence-corrected chi connectivity index (χ1v) is 8.41. The minimum absolute atomic E-state index is 0.347. The van der Waals surface area contributed by atoms with Crippen LogP contribution in [0.4, 0.5) is 0 Å². The Labute approximate surface area is 130 Å². The van der Waals surface area contributed by atoms with Crippen molar-refractivity contribution in [3.05, 3.63) is 34.4 Å². The van der Waals surface area contributed by atoms with Gasteiger partial charge in [-0.05, 0) is 77.2 Å². The third-order valence-corrected chi connectivity index (χ3v) is 5.01. The van der Waals surface area contributed by atoms with Crippen LogP contribution in [0.25, 0.3) is 0 Å². The van der Waals surface area contributed by atoms with Crippen LogP contribution < -0.4 is 5.32 Å². The highest BCUT2D eigenvalue weighted by molar-refractivity contribution is 5.40. The Kier molecular flexibility index (Phi) is 5.11. The largest absolute Gasteiger partial charge is 0.309 e. The molecule has 1 unspecified atom stereocenters. The molecule has 1 heterocycles. The maximum Gasteiger partial charge on any atom is 0.0454 e. The van der Waals surface area contributed by atoms with E-state index in [2.05, 4.69) is 63.9 Å². The maximum atomic E-state index is 3.72. The van der Waals surface area contributed by atoms with E-state index in [1.165, 1.54) is 41.6 Å². The highest BCUT2D eigenvalue weighted by atomic mass is 15.2. The van der Waals surface area contributed by atoms with Gasteiger partial charge in [0.25, 0.3) is 0 Å². The minimum atomic E-state index is 0.347. The SMILES string of the molecule is CCNC(CN1CCCC1(C)C)c1c(C)cc(C)cc1C. The van der Waals surface area contributed by atoms with Crippen LogP contribution in [0.3, 0.4) is 0 Å². The second kappa shape index (κ2) is 6.50. The Morgan fingerprint density at radius 1 is 1.19 bits per heavy atom. The molecule has 1 aliphatic heterocycles. The molecule has 1 saturated heterocycles. The van der Waals surface area contributed by atoms with Gasteiger partial charge in [0.1, 0.15) is 0 Å². The van der Waals surface area contributed by atoms with Gasteiger partial charge in [0.15, 0.2) is 0 Å². The van der Waals surface area contributed by atoms with E-state index in [0.29, 0.717) is 11.6 Å². The number of hydrogen-bond donors (Lipinski definition) is 1. The molecule has 21 heavy (non-hydrogen) atoms. The number of hydrogen-bond acceptors (Lipinski definition) is 2. The smallest absolute Gasteiger partial charge is 0.0454 e. The average molecular weight is 288 g/mol. The molecule has 0 bridgehead atoms. The van der Waals surface area contributed by atoms with Crippen molar-refractivity contribution < 1.29 is 0 Å². The predicted molar refractivity (Wildman–Crippen MR) is 92.0 cm³/mol. The molecule has 0 aromatic heterocycles. The Morgan fingerprint density at radius 2 is 1.81 bits per heavy atom. The van der Waals surface area contributed by atoms with E-state index in [1.54, 1.807) is 0 Å². The van der Waals surface area contributed by atoms with Crippen LogP contribution in [0.15, 0.2) is 12.1 Å². The molecule has 1 fully saturated rings. The monoisotopic (exact) mass is 288 g/mol. The third-order valence-electron chi connectivity index (χ3n) is 5.01. The zero-order valence-electron chi connectivity index (χ0n) is 14.7. The van der Waals surface area contributed by atoms with Crippen LogP contribution in [0.2, 0.25) is 0 Å². The summed E-state index contributed by atoms with van der Waals surface area (Å²) in [6.07, 6.45) is 2.65. The van der Waals surface area contributed by atoms with Crippen molar-refractivity contribution in [3.63, 3.8) is 0 Å². The lowest BCUT2D eigenvalue weighted by Crippen LogP contribution is -2.43. The Bertz CT molecular complexity index is 467. The van der Waals surface area contributed by atoms with Crippen molar-refractivity contribution in [2.45, 2.75) is 66.0 Å². The van der Waals surface area contributed by atoms with Gasteiger partial charge >= 0.3 is 0 Å². The number of rotatable bonds is 5. The summed E-state index contributed by atoms with van der Waals surface area (Å²) in [5, 5.41) is 3.72. The van der Waals surface area contributed by atoms with Crippen molar-refractivity contribution >= 4 is 0 Å².